The number of rotatable bonds is 6. The van der Waals surface area contributed by atoms with Crippen LogP contribution in [0.25, 0.3) is 0 Å². The second-order valence-corrected chi connectivity index (χ2v) is 3.88. The third-order valence-electron chi connectivity index (χ3n) is 2.42. The van der Waals surface area contributed by atoms with Crippen molar-refractivity contribution < 1.29 is 31.1 Å². The van der Waals surface area contributed by atoms with Gasteiger partial charge < -0.3 is 10.1 Å². The molecule has 0 spiro atoms. The zero-order valence-corrected chi connectivity index (χ0v) is 10.3. The largest absolute Gasteiger partial charge is 0.423 e. The maximum Gasteiger partial charge on any atom is 0.423 e. The van der Waals surface area contributed by atoms with Crippen LogP contribution in [-0.4, -0.2) is 37.1 Å². The van der Waals surface area contributed by atoms with Crippen LogP contribution in [0.15, 0.2) is 0 Å². The van der Waals surface area contributed by atoms with Crippen LogP contribution in [0.1, 0.15) is 27.2 Å². The summed E-state index contributed by atoms with van der Waals surface area (Å²) >= 11 is 0. The van der Waals surface area contributed by atoms with Crippen LogP contribution in [-0.2, 0) is 4.74 Å². The van der Waals surface area contributed by atoms with E-state index in [1.165, 1.54) is 6.92 Å². The molecule has 0 aromatic rings. The standard InChI is InChI=1S/C10H17F6NO/c1-4-7(17-5-2)6(3)18-8(9(11,12)13)10(14,15)16/h6-8,17H,4-5H2,1-3H3. The van der Waals surface area contributed by atoms with Crippen LogP contribution in [0.3, 0.4) is 0 Å². The minimum Gasteiger partial charge on any atom is -0.356 e. The molecule has 0 aliphatic carbocycles. The Morgan fingerprint density at radius 2 is 1.44 bits per heavy atom. The minimum absolute atomic E-state index is 0.372. The van der Waals surface area contributed by atoms with Gasteiger partial charge in [-0.15, -0.1) is 0 Å². The van der Waals surface area contributed by atoms with Crippen molar-refractivity contribution in [1.29, 1.82) is 0 Å². The molecule has 1 N–H and O–H groups in total. The molecular formula is C10H17F6NO. The molecule has 0 heterocycles. The van der Waals surface area contributed by atoms with Crippen molar-refractivity contribution >= 4 is 0 Å². The van der Waals surface area contributed by atoms with Crippen LogP contribution in [0.2, 0.25) is 0 Å². The molecule has 0 saturated heterocycles. The third-order valence-corrected chi connectivity index (χ3v) is 2.42. The zero-order valence-electron chi connectivity index (χ0n) is 10.3. The van der Waals surface area contributed by atoms with Crippen LogP contribution in [0.5, 0.6) is 0 Å². The van der Waals surface area contributed by atoms with Crippen LogP contribution >= 0.6 is 0 Å². The Morgan fingerprint density at radius 3 is 1.72 bits per heavy atom. The highest BCUT2D eigenvalue weighted by Crippen LogP contribution is 2.36. The fourth-order valence-electron chi connectivity index (χ4n) is 1.55. The van der Waals surface area contributed by atoms with E-state index in [1.807, 2.05) is 0 Å². The highest BCUT2D eigenvalue weighted by atomic mass is 19.4. The number of nitrogens with one attached hydrogen (secondary N) is 1. The van der Waals surface area contributed by atoms with E-state index in [0.29, 0.717) is 13.0 Å². The number of likely N-dealkylation sites (N-methyl/N-ethyl adjacent to an activating group) is 1. The Hall–Kier alpha value is -0.500. The van der Waals surface area contributed by atoms with E-state index in [0.717, 1.165) is 0 Å². The highest BCUT2D eigenvalue weighted by molar-refractivity contribution is 4.80. The number of ether oxygens (including phenoxy) is 1. The lowest BCUT2D eigenvalue weighted by atomic mass is 10.1. The van der Waals surface area contributed by atoms with Crippen molar-refractivity contribution in [3.63, 3.8) is 0 Å². The van der Waals surface area contributed by atoms with Crippen molar-refractivity contribution in [1.82, 2.24) is 5.32 Å². The zero-order chi connectivity index (χ0) is 14.6. The SMILES string of the molecule is CCNC(CC)C(C)OC(C(F)(F)F)C(F)(F)F. The molecule has 0 amide bonds. The predicted octanol–water partition coefficient (Wildman–Crippen LogP) is 3.27. The predicted molar refractivity (Wildman–Crippen MR) is 54.2 cm³/mol. The Bertz CT molecular complexity index is 226. The topological polar surface area (TPSA) is 21.3 Å². The summed E-state index contributed by atoms with van der Waals surface area (Å²) in [5.74, 6) is 0. The molecule has 0 rings (SSSR count). The molecule has 2 unspecified atom stereocenters. The first-order valence-electron chi connectivity index (χ1n) is 5.56. The lowest BCUT2D eigenvalue weighted by Gasteiger charge is -2.30. The van der Waals surface area contributed by atoms with Crippen molar-refractivity contribution in [2.45, 2.75) is 57.8 Å². The first-order chi connectivity index (χ1) is 8.04. The molecule has 0 aromatic heterocycles. The van der Waals surface area contributed by atoms with Gasteiger partial charge in [-0.2, -0.15) is 26.3 Å². The first-order valence-corrected chi connectivity index (χ1v) is 5.56. The molecule has 18 heavy (non-hydrogen) atoms. The van der Waals surface area contributed by atoms with Gasteiger partial charge in [-0.1, -0.05) is 13.8 Å². The third kappa shape index (κ3) is 5.43. The van der Waals surface area contributed by atoms with Crippen molar-refractivity contribution in [2.75, 3.05) is 6.54 Å². The Labute approximate surface area is 102 Å². The number of halogens is 6. The van der Waals surface area contributed by atoms with Gasteiger partial charge in [-0.3, -0.25) is 0 Å². The van der Waals surface area contributed by atoms with Gasteiger partial charge in [-0.05, 0) is 19.9 Å². The molecule has 0 fully saturated rings. The van der Waals surface area contributed by atoms with Gasteiger partial charge in [0.1, 0.15) is 0 Å². The van der Waals surface area contributed by atoms with Gasteiger partial charge in [-0.25, -0.2) is 0 Å². The number of hydrogen-bond acceptors (Lipinski definition) is 2. The highest BCUT2D eigenvalue weighted by Gasteiger charge is 2.58. The Morgan fingerprint density at radius 1 is 1.00 bits per heavy atom. The Balaban J connectivity index is 4.78. The normalized spacial score (nSPS) is 17.0. The maximum absolute atomic E-state index is 12.3. The van der Waals surface area contributed by atoms with Crippen LogP contribution in [0, 0.1) is 0 Å². The van der Waals surface area contributed by atoms with Crippen LogP contribution in [0.4, 0.5) is 26.3 Å². The summed E-state index contributed by atoms with van der Waals surface area (Å²) in [4.78, 5) is 0. The summed E-state index contributed by atoms with van der Waals surface area (Å²) in [6.07, 6.45) is -15.5. The van der Waals surface area contributed by atoms with Gasteiger partial charge in [0.25, 0.3) is 0 Å². The smallest absolute Gasteiger partial charge is 0.356 e. The van der Waals surface area contributed by atoms with Gasteiger partial charge >= 0.3 is 12.4 Å². The van der Waals surface area contributed by atoms with E-state index in [9.17, 15) is 26.3 Å². The second-order valence-electron chi connectivity index (χ2n) is 3.88. The Kier molecular flexibility index (Phi) is 6.42. The minimum atomic E-state index is -5.46. The fourth-order valence-corrected chi connectivity index (χ4v) is 1.55. The molecular weight excluding hydrogens is 264 g/mol. The number of hydrogen-bond donors (Lipinski definition) is 1. The van der Waals surface area contributed by atoms with E-state index in [4.69, 9.17) is 0 Å². The summed E-state index contributed by atoms with van der Waals surface area (Å²) in [6, 6.07) is -0.554. The van der Waals surface area contributed by atoms with Gasteiger partial charge in [0.15, 0.2) is 0 Å². The lowest BCUT2D eigenvalue weighted by molar-refractivity contribution is -0.331. The molecule has 0 radical (unpaired) electrons. The molecule has 8 heteroatoms. The molecule has 0 aromatic carbocycles. The molecule has 0 aliphatic rings. The molecule has 0 aliphatic heterocycles. The molecule has 0 saturated carbocycles. The van der Waals surface area contributed by atoms with E-state index < -0.39 is 30.6 Å². The van der Waals surface area contributed by atoms with Gasteiger partial charge in [0.2, 0.25) is 6.10 Å². The molecule has 2 nitrogen and oxygen atoms in total. The summed E-state index contributed by atoms with van der Waals surface area (Å²) in [5.41, 5.74) is 0. The summed E-state index contributed by atoms with van der Waals surface area (Å²) in [5, 5.41) is 2.78. The van der Waals surface area contributed by atoms with Gasteiger partial charge in [0.05, 0.1) is 6.10 Å². The summed E-state index contributed by atoms with van der Waals surface area (Å²) in [7, 11) is 0. The van der Waals surface area contributed by atoms with Gasteiger partial charge in [0, 0.05) is 6.04 Å². The fraction of sp³-hybridized carbons (Fsp3) is 1.00. The van der Waals surface area contributed by atoms with E-state index in [-0.39, 0.29) is 0 Å². The maximum atomic E-state index is 12.3. The second kappa shape index (κ2) is 6.60. The molecule has 2 atom stereocenters. The van der Waals surface area contributed by atoms with E-state index >= 15 is 0 Å². The average Bonchev–Trinajstić information content (AvgIpc) is 2.18. The quantitative estimate of drug-likeness (QED) is 0.754. The van der Waals surface area contributed by atoms with Crippen molar-refractivity contribution in [3.8, 4) is 0 Å². The first kappa shape index (κ1) is 17.5. The monoisotopic (exact) mass is 281 g/mol. The van der Waals surface area contributed by atoms with Crippen LogP contribution < -0.4 is 5.32 Å². The van der Waals surface area contributed by atoms with Crippen molar-refractivity contribution in [3.05, 3.63) is 0 Å². The number of alkyl halides is 6. The molecule has 110 valence electrons. The molecule has 0 bridgehead atoms. The van der Waals surface area contributed by atoms with Crippen molar-refractivity contribution in [2.24, 2.45) is 0 Å². The lowest BCUT2D eigenvalue weighted by Crippen LogP contribution is -2.50. The van der Waals surface area contributed by atoms with E-state index in [1.54, 1.807) is 13.8 Å². The van der Waals surface area contributed by atoms with E-state index in [2.05, 4.69) is 10.1 Å². The summed E-state index contributed by atoms with van der Waals surface area (Å²) in [6.45, 7) is 5.00. The average molecular weight is 281 g/mol. The summed E-state index contributed by atoms with van der Waals surface area (Å²) < 4.78 is 77.8.